The quantitative estimate of drug-likeness (QED) is 0.442. The highest BCUT2D eigenvalue weighted by atomic mass is 14.2. The van der Waals surface area contributed by atoms with Crippen molar-refractivity contribution in [1.29, 1.82) is 0 Å². The van der Waals surface area contributed by atoms with Crippen molar-refractivity contribution in [3.63, 3.8) is 0 Å². The highest BCUT2D eigenvalue weighted by Crippen LogP contribution is 2.32. The van der Waals surface area contributed by atoms with E-state index in [0.29, 0.717) is 0 Å². The van der Waals surface area contributed by atoms with E-state index in [2.05, 4.69) is 25.2 Å². The molecule has 0 aromatic rings. The van der Waals surface area contributed by atoms with Crippen LogP contribution in [-0.2, 0) is 0 Å². The summed E-state index contributed by atoms with van der Waals surface area (Å²) in [5, 5.41) is 0. The summed E-state index contributed by atoms with van der Waals surface area (Å²) in [6.07, 6.45) is 7.87. The molecule has 8 heavy (non-hydrogen) atoms. The van der Waals surface area contributed by atoms with Gasteiger partial charge in [0.05, 0.1) is 0 Å². The molecule has 0 nitrogen and oxygen atoms in total. The molecule has 40 valence electrons. The highest BCUT2D eigenvalue weighted by Gasteiger charge is 2.13. The second kappa shape index (κ2) is 1.13. The van der Waals surface area contributed by atoms with E-state index < -0.39 is 0 Å². The second-order valence-electron chi connectivity index (χ2n) is 2.44. The van der Waals surface area contributed by atoms with Crippen LogP contribution in [0.3, 0.4) is 0 Å². The lowest BCUT2D eigenvalue weighted by Gasteiger charge is -1.89. The van der Waals surface area contributed by atoms with Crippen LogP contribution in [0.25, 0.3) is 0 Å². The fourth-order valence-corrected chi connectivity index (χ4v) is 1.29. The van der Waals surface area contributed by atoms with Gasteiger partial charge in [-0.15, -0.1) is 0 Å². The first-order valence-corrected chi connectivity index (χ1v) is 2.95. The molecule has 0 N–H and O–H groups in total. The standard InChI is InChI=1S/C8H8/c1-6-4-7-2-3-8(6)5-7/h2-4H,5H2,1H3. The normalized spacial score (nSPS) is 22.9. The van der Waals surface area contributed by atoms with Crippen molar-refractivity contribution in [3.8, 4) is 0 Å². The predicted octanol–water partition coefficient (Wildman–Crippen LogP) is 2.20. The molecule has 2 bridgehead atoms. The molecule has 0 spiro atoms. The van der Waals surface area contributed by atoms with Gasteiger partial charge < -0.3 is 0 Å². The maximum absolute atomic E-state index is 2.26. The Kier molecular flexibility index (Phi) is 0.587. The van der Waals surface area contributed by atoms with E-state index in [9.17, 15) is 0 Å². The number of allylic oxidation sites excluding steroid dienone is 6. The third kappa shape index (κ3) is 0.353. The first kappa shape index (κ1) is 4.13. The van der Waals surface area contributed by atoms with E-state index in [1.54, 1.807) is 0 Å². The van der Waals surface area contributed by atoms with Crippen LogP contribution in [0.15, 0.2) is 34.9 Å². The van der Waals surface area contributed by atoms with Crippen molar-refractivity contribution in [2.75, 3.05) is 0 Å². The van der Waals surface area contributed by atoms with E-state index in [0.717, 1.165) is 0 Å². The summed E-state index contributed by atoms with van der Waals surface area (Å²) in [7, 11) is 0. The van der Waals surface area contributed by atoms with Crippen molar-refractivity contribution < 1.29 is 0 Å². The minimum atomic E-state index is 1.20. The maximum atomic E-state index is 2.26. The fourth-order valence-electron chi connectivity index (χ4n) is 1.29. The van der Waals surface area contributed by atoms with Gasteiger partial charge in [0.2, 0.25) is 0 Å². The molecule has 0 atom stereocenters. The smallest absolute Gasteiger partial charge is 0.00230 e. The predicted molar refractivity (Wildman–Crippen MR) is 34.5 cm³/mol. The van der Waals surface area contributed by atoms with Gasteiger partial charge >= 0.3 is 0 Å². The lowest BCUT2D eigenvalue weighted by molar-refractivity contribution is 1.30. The van der Waals surface area contributed by atoms with Crippen molar-refractivity contribution in [1.82, 2.24) is 0 Å². The highest BCUT2D eigenvalue weighted by molar-refractivity contribution is 5.53. The SMILES string of the molecule is CC1=C2C=CC(=C1)C2. The molecule has 0 unspecified atom stereocenters. The van der Waals surface area contributed by atoms with Gasteiger partial charge in [-0.1, -0.05) is 18.2 Å². The number of fused-ring (bicyclic) bond motifs is 2. The zero-order chi connectivity index (χ0) is 5.56. The van der Waals surface area contributed by atoms with Gasteiger partial charge in [0, 0.05) is 0 Å². The third-order valence-electron chi connectivity index (χ3n) is 1.80. The second-order valence-corrected chi connectivity index (χ2v) is 2.44. The Morgan fingerprint density at radius 1 is 1.38 bits per heavy atom. The summed E-state index contributed by atoms with van der Waals surface area (Å²) < 4.78 is 0. The summed E-state index contributed by atoms with van der Waals surface area (Å²) in [6.45, 7) is 2.17. The zero-order valence-electron chi connectivity index (χ0n) is 4.94. The molecule has 0 radical (unpaired) electrons. The molecule has 0 aromatic carbocycles. The van der Waals surface area contributed by atoms with E-state index in [-0.39, 0.29) is 0 Å². The molecule has 2 aliphatic carbocycles. The van der Waals surface area contributed by atoms with Crippen LogP contribution in [0, 0.1) is 0 Å². The topological polar surface area (TPSA) is 0 Å². The minimum Gasteiger partial charge on any atom is -0.0584 e. The average molecular weight is 104 g/mol. The molecule has 0 saturated carbocycles. The van der Waals surface area contributed by atoms with Crippen molar-refractivity contribution in [2.45, 2.75) is 13.3 Å². The Balaban J connectivity index is 2.63. The molecule has 0 heterocycles. The van der Waals surface area contributed by atoms with E-state index >= 15 is 0 Å². The molecule has 0 aliphatic heterocycles. The molecule has 2 rings (SSSR count). The van der Waals surface area contributed by atoms with Crippen LogP contribution >= 0.6 is 0 Å². The van der Waals surface area contributed by atoms with E-state index in [4.69, 9.17) is 0 Å². The van der Waals surface area contributed by atoms with E-state index in [1.807, 2.05) is 0 Å². The van der Waals surface area contributed by atoms with Gasteiger partial charge in [0.1, 0.15) is 0 Å². The van der Waals surface area contributed by atoms with Crippen LogP contribution < -0.4 is 0 Å². The lowest BCUT2D eigenvalue weighted by atomic mass is 10.2. The van der Waals surface area contributed by atoms with E-state index in [1.165, 1.54) is 23.1 Å². The Bertz CT molecular complexity index is 214. The molecular weight excluding hydrogens is 96.1 g/mol. The molecular formula is C8H8. The maximum Gasteiger partial charge on any atom is -0.00230 e. The van der Waals surface area contributed by atoms with Gasteiger partial charge in [0.15, 0.2) is 0 Å². The van der Waals surface area contributed by atoms with Gasteiger partial charge in [-0.05, 0) is 30.1 Å². The largest absolute Gasteiger partial charge is 0.0584 e. The molecule has 0 fully saturated rings. The summed E-state index contributed by atoms with van der Waals surface area (Å²) in [5.74, 6) is 0. The van der Waals surface area contributed by atoms with Crippen LogP contribution in [0.2, 0.25) is 0 Å². The summed E-state index contributed by atoms with van der Waals surface area (Å²) in [6, 6.07) is 0. The minimum absolute atomic E-state index is 1.20. The summed E-state index contributed by atoms with van der Waals surface area (Å²) in [5.41, 5.74) is 4.46. The van der Waals surface area contributed by atoms with Gasteiger partial charge in [-0.25, -0.2) is 0 Å². The molecule has 0 aromatic heterocycles. The van der Waals surface area contributed by atoms with Crippen LogP contribution in [0.1, 0.15) is 13.3 Å². The third-order valence-corrected chi connectivity index (χ3v) is 1.80. The molecule has 0 heteroatoms. The Morgan fingerprint density at radius 3 is 2.50 bits per heavy atom. The number of hydrogen-bond acceptors (Lipinski definition) is 0. The van der Waals surface area contributed by atoms with Gasteiger partial charge in [-0.3, -0.25) is 0 Å². The average Bonchev–Trinajstić information content (AvgIpc) is 2.23. The van der Waals surface area contributed by atoms with Gasteiger partial charge in [-0.2, -0.15) is 0 Å². The Labute approximate surface area is 49.2 Å². The Hall–Kier alpha value is -0.780. The number of rotatable bonds is 0. The number of hydrogen-bond donors (Lipinski definition) is 0. The van der Waals surface area contributed by atoms with Crippen LogP contribution in [0.4, 0.5) is 0 Å². The monoisotopic (exact) mass is 104 g/mol. The molecule has 0 amide bonds. The fraction of sp³-hybridized carbons (Fsp3) is 0.250. The summed E-state index contributed by atoms with van der Waals surface area (Å²) >= 11 is 0. The summed E-state index contributed by atoms with van der Waals surface area (Å²) in [4.78, 5) is 0. The van der Waals surface area contributed by atoms with Crippen LogP contribution in [-0.4, -0.2) is 0 Å². The molecule has 0 saturated heterocycles. The van der Waals surface area contributed by atoms with Crippen molar-refractivity contribution in [3.05, 3.63) is 34.9 Å². The van der Waals surface area contributed by atoms with Crippen LogP contribution in [0.5, 0.6) is 0 Å². The lowest BCUT2D eigenvalue weighted by Crippen LogP contribution is -1.69. The molecule has 2 aliphatic rings. The van der Waals surface area contributed by atoms with Gasteiger partial charge in [0.25, 0.3) is 0 Å². The first-order valence-electron chi connectivity index (χ1n) is 2.95. The van der Waals surface area contributed by atoms with Crippen molar-refractivity contribution >= 4 is 0 Å². The zero-order valence-corrected chi connectivity index (χ0v) is 4.94. The first-order chi connectivity index (χ1) is 3.86. The Morgan fingerprint density at radius 2 is 2.25 bits per heavy atom. The van der Waals surface area contributed by atoms with Crippen molar-refractivity contribution in [2.24, 2.45) is 0 Å².